The first kappa shape index (κ1) is 29.0. The number of nitrogens with one attached hydrogen (secondary N) is 2. The fourth-order valence-corrected chi connectivity index (χ4v) is 5.71. The number of hydrogen-bond acceptors (Lipinski definition) is 5. The molecule has 1 saturated heterocycles. The molecule has 0 saturated carbocycles. The van der Waals surface area contributed by atoms with Crippen molar-refractivity contribution in [1.82, 2.24) is 15.5 Å². The molecule has 2 aromatic rings. The highest BCUT2D eigenvalue weighted by atomic mass is 35.5. The number of hydrogen-bond donors (Lipinski definition) is 2. The summed E-state index contributed by atoms with van der Waals surface area (Å²) in [7, 11) is -3.55. The summed E-state index contributed by atoms with van der Waals surface area (Å²) in [5.41, 5.74) is 0.556. The van der Waals surface area contributed by atoms with Crippen molar-refractivity contribution in [2.45, 2.75) is 63.6 Å². The summed E-state index contributed by atoms with van der Waals surface area (Å²) in [4.78, 5) is 26.6. The number of rotatable bonds is 10. The van der Waals surface area contributed by atoms with Gasteiger partial charge in [-0.05, 0) is 60.8 Å². The summed E-state index contributed by atoms with van der Waals surface area (Å²) < 4.78 is 52.7. The molecule has 7 nitrogen and oxygen atoms in total. The second kappa shape index (κ2) is 12.8. The Morgan fingerprint density at radius 3 is 2.57 bits per heavy atom. The van der Waals surface area contributed by atoms with Crippen LogP contribution in [0.4, 0.5) is 8.78 Å². The Morgan fingerprint density at radius 1 is 1.14 bits per heavy atom. The first-order valence-electron chi connectivity index (χ1n) is 12.3. The molecular weight excluding hydrogens is 524 g/mol. The minimum absolute atomic E-state index is 0.0193. The van der Waals surface area contributed by atoms with Gasteiger partial charge in [0.1, 0.15) is 0 Å². The second-order valence-electron chi connectivity index (χ2n) is 9.05. The van der Waals surface area contributed by atoms with E-state index in [4.69, 9.17) is 11.6 Å². The van der Waals surface area contributed by atoms with Gasteiger partial charge in [0.25, 0.3) is 12.3 Å². The fourth-order valence-electron chi connectivity index (χ4n) is 4.39. The van der Waals surface area contributed by atoms with Crippen LogP contribution in [-0.2, 0) is 27.7 Å². The van der Waals surface area contributed by atoms with Crippen molar-refractivity contribution in [3.05, 3.63) is 63.7 Å². The highest BCUT2D eigenvalue weighted by molar-refractivity contribution is 7.91. The Hall–Kier alpha value is -2.56. The van der Waals surface area contributed by atoms with Crippen LogP contribution in [0.3, 0.4) is 0 Å². The summed E-state index contributed by atoms with van der Waals surface area (Å²) in [6.07, 6.45) is -0.699. The van der Waals surface area contributed by atoms with E-state index in [0.717, 1.165) is 19.4 Å². The predicted molar refractivity (Wildman–Crippen MR) is 138 cm³/mol. The van der Waals surface area contributed by atoms with Crippen molar-refractivity contribution in [3.8, 4) is 0 Å². The maximum Gasteiger partial charge on any atom is 0.264 e. The fraction of sp³-hybridized carbons (Fsp3) is 0.462. The quantitative estimate of drug-likeness (QED) is 0.450. The van der Waals surface area contributed by atoms with Crippen LogP contribution in [0, 0.1) is 0 Å². The smallest absolute Gasteiger partial charge is 0.264 e. The SMILES string of the molecule is CCC(=O)NC1CCCN(Cc2ccc(C(=O)NCc3cc(Cl)ccc3S(=O)(=O)CC)cc2C(F)F)C1. The molecule has 2 aromatic carbocycles. The average molecular weight is 556 g/mol. The molecule has 11 heteroatoms. The van der Waals surface area contributed by atoms with E-state index < -0.39 is 22.2 Å². The van der Waals surface area contributed by atoms with Gasteiger partial charge in [-0.25, -0.2) is 17.2 Å². The zero-order chi connectivity index (χ0) is 27.2. The summed E-state index contributed by atoms with van der Waals surface area (Å²) >= 11 is 6.02. The Kier molecular flexibility index (Phi) is 10.0. The van der Waals surface area contributed by atoms with Crippen LogP contribution in [-0.4, -0.2) is 50.0 Å². The third kappa shape index (κ3) is 7.72. The lowest BCUT2D eigenvalue weighted by Gasteiger charge is -2.33. The topological polar surface area (TPSA) is 95.6 Å². The van der Waals surface area contributed by atoms with E-state index in [1.807, 2.05) is 4.90 Å². The van der Waals surface area contributed by atoms with Gasteiger partial charge < -0.3 is 10.6 Å². The Labute approximate surface area is 221 Å². The van der Waals surface area contributed by atoms with Crippen molar-refractivity contribution in [3.63, 3.8) is 0 Å². The monoisotopic (exact) mass is 555 g/mol. The lowest BCUT2D eigenvalue weighted by atomic mass is 10.0. The van der Waals surface area contributed by atoms with E-state index in [9.17, 15) is 26.8 Å². The number of benzene rings is 2. The molecule has 202 valence electrons. The van der Waals surface area contributed by atoms with Crippen molar-refractivity contribution in [2.75, 3.05) is 18.8 Å². The number of likely N-dealkylation sites (tertiary alicyclic amines) is 1. The van der Waals surface area contributed by atoms with Crippen molar-refractivity contribution in [1.29, 1.82) is 0 Å². The number of nitrogens with zero attached hydrogens (tertiary/aromatic N) is 1. The van der Waals surface area contributed by atoms with E-state index in [1.54, 1.807) is 6.92 Å². The molecule has 37 heavy (non-hydrogen) atoms. The maximum absolute atomic E-state index is 13.9. The van der Waals surface area contributed by atoms with E-state index in [-0.39, 0.29) is 46.8 Å². The van der Waals surface area contributed by atoms with E-state index in [2.05, 4.69) is 10.6 Å². The Bertz CT molecular complexity index is 1240. The normalized spacial score (nSPS) is 16.5. The minimum Gasteiger partial charge on any atom is -0.352 e. The van der Waals surface area contributed by atoms with Crippen LogP contribution < -0.4 is 10.6 Å². The molecule has 1 unspecified atom stereocenters. The molecule has 1 heterocycles. The molecule has 1 aliphatic rings. The molecule has 1 aliphatic heterocycles. The van der Waals surface area contributed by atoms with Gasteiger partial charge in [0.15, 0.2) is 9.84 Å². The van der Waals surface area contributed by atoms with Gasteiger partial charge in [-0.3, -0.25) is 14.5 Å². The maximum atomic E-state index is 13.9. The summed E-state index contributed by atoms with van der Waals surface area (Å²) in [6, 6.07) is 8.49. The van der Waals surface area contributed by atoms with Crippen LogP contribution in [0.1, 0.15) is 66.6 Å². The molecule has 0 aliphatic carbocycles. The standard InChI is InChI=1S/C26H32ClF2N3O4S/c1-3-24(33)31-21-6-5-11-32(16-21)15-18-8-7-17(13-22(18)25(28)29)26(34)30-14-19-12-20(27)9-10-23(19)37(35,36)4-2/h7-10,12-13,21,25H,3-6,11,14-16H2,1-2H3,(H,30,34)(H,31,33). The number of carbonyl (C=O) groups is 2. The number of halogens is 3. The van der Waals surface area contributed by atoms with Crippen LogP contribution in [0.5, 0.6) is 0 Å². The van der Waals surface area contributed by atoms with Crippen LogP contribution in [0.25, 0.3) is 0 Å². The van der Waals surface area contributed by atoms with Crippen molar-refractivity contribution >= 4 is 33.3 Å². The zero-order valence-electron chi connectivity index (χ0n) is 20.9. The van der Waals surface area contributed by atoms with Crippen LogP contribution >= 0.6 is 11.6 Å². The molecule has 0 aromatic heterocycles. The first-order valence-corrected chi connectivity index (χ1v) is 14.3. The van der Waals surface area contributed by atoms with Crippen molar-refractivity contribution < 1.29 is 26.8 Å². The molecule has 1 atom stereocenters. The highest BCUT2D eigenvalue weighted by Gasteiger charge is 2.24. The summed E-state index contributed by atoms with van der Waals surface area (Å²) in [5.74, 6) is -0.751. The predicted octanol–water partition coefficient (Wildman–Crippen LogP) is 4.49. The molecule has 2 N–H and O–H groups in total. The lowest BCUT2D eigenvalue weighted by molar-refractivity contribution is -0.121. The van der Waals surface area contributed by atoms with E-state index >= 15 is 0 Å². The summed E-state index contributed by atoms with van der Waals surface area (Å²) in [6.45, 7) is 4.75. The van der Waals surface area contributed by atoms with Gasteiger partial charge in [0, 0.05) is 48.2 Å². The van der Waals surface area contributed by atoms with Gasteiger partial charge in [-0.1, -0.05) is 31.5 Å². The number of carbonyl (C=O) groups excluding carboxylic acids is 2. The average Bonchev–Trinajstić information content (AvgIpc) is 2.87. The lowest BCUT2D eigenvalue weighted by Crippen LogP contribution is -2.47. The molecule has 1 fully saturated rings. The van der Waals surface area contributed by atoms with Gasteiger partial charge in [0.2, 0.25) is 5.91 Å². The molecule has 0 spiro atoms. The van der Waals surface area contributed by atoms with Crippen LogP contribution in [0.2, 0.25) is 5.02 Å². The molecule has 2 amide bonds. The molecule has 0 radical (unpaired) electrons. The minimum atomic E-state index is -3.55. The van der Waals surface area contributed by atoms with Gasteiger partial charge in [0.05, 0.1) is 10.6 Å². The third-order valence-corrected chi connectivity index (χ3v) is 8.47. The molecule has 3 rings (SSSR count). The van der Waals surface area contributed by atoms with Gasteiger partial charge in [-0.15, -0.1) is 0 Å². The van der Waals surface area contributed by atoms with Gasteiger partial charge in [-0.2, -0.15) is 0 Å². The molecule has 0 bridgehead atoms. The zero-order valence-corrected chi connectivity index (χ0v) is 22.5. The Morgan fingerprint density at radius 2 is 1.89 bits per heavy atom. The number of piperidine rings is 1. The van der Waals surface area contributed by atoms with Crippen LogP contribution in [0.15, 0.2) is 41.3 Å². The van der Waals surface area contributed by atoms with Crippen molar-refractivity contribution in [2.24, 2.45) is 0 Å². The van der Waals surface area contributed by atoms with E-state index in [0.29, 0.717) is 29.1 Å². The largest absolute Gasteiger partial charge is 0.352 e. The number of amides is 2. The number of alkyl halides is 2. The van der Waals surface area contributed by atoms with E-state index in [1.165, 1.54) is 43.3 Å². The first-order chi connectivity index (χ1) is 17.5. The summed E-state index contributed by atoms with van der Waals surface area (Å²) in [5, 5.41) is 5.90. The third-order valence-electron chi connectivity index (χ3n) is 6.41. The Balaban J connectivity index is 1.73. The highest BCUT2D eigenvalue weighted by Crippen LogP contribution is 2.27. The number of sulfone groups is 1. The van der Waals surface area contributed by atoms with Gasteiger partial charge >= 0.3 is 0 Å². The molecular formula is C26H32ClF2N3O4S. The second-order valence-corrected chi connectivity index (χ2v) is 11.7.